The summed E-state index contributed by atoms with van der Waals surface area (Å²) < 4.78 is 15.4. The van der Waals surface area contributed by atoms with Gasteiger partial charge in [-0.2, -0.15) is 15.2 Å². The summed E-state index contributed by atoms with van der Waals surface area (Å²) in [5.74, 6) is 0.293. The van der Waals surface area contributed by atoms with Gasteiger partial charge in [-0.25, -0.2) is 4.52 Å². The van der Waals surface area contributed by atoms with E-state index in [2.05, 4.69) is 34.3 Å². The van der Waals surface area contributed by atoms with Crippen molar-refractivity contribution in [3.8, 4) is 28.1 Å². The Bertz CT molecular complexity index is 1300. The van der Waals surface area contributed by atoms with Crippen molar-refractivity contribution in [1.82, 2.24) is 34.7 Å². The van der Waals surface area contributed by atoms with Gasteiger partial charge < -0.3 is 14.8 Å². The Balaban J connectivity index is 1.62. The number of pyridine rings is 1. The maximum Gasteiger partial charge on any atom is 0.252 e. The highest BCUT2D eigenvalue weighted by molar-refractivity contribution is 5.95. The molecule has 1 aliphatic rings. The molecule has 1 aliphatic heterocycles. The highest BCUT2D eigenvalue weighted by atomic mass is 16.5. The van der Waals surface area contributed by atoms with E-state index >= 15 is 0 Å². The van der Waals surface area contributed by atoms with Crippen molar-refractivity contribution in [3.05, 3.63) is 48.8 Å². The molecule has 0 aliphatic carbocycles. The molecular formula is C23H25N7O3. The lowest BCUT2D eigenvalue weighted by Gasteiger charge is -2.14. The lowest BCUT2D eigenvalue weighted by atomic mass is 10.1. The minimum absolute atomic E-state index is 0.0662. The van der Waals surface area contributed by atoms with Gasteiger partial charge in [0.05, 0.1) is 36.7 Å². The summed E-state index contributed by atoms with van der Waals surface area (Å²) in [6.45, 7) is 5.35. The summed E-state index contributed by atoms with van der Waals surface area (Å²) >= 11 is 0. The average Bonchev–Trinajstić information content (AvgIpc) is 3.59. The van der Waals surface area contributed by atoms with Gasteiger partial charge in [-0.05, 0) is 19.9 Å². The molecule has 10 heteroatoms. The second-order valence-electron chi connectivity index (χ2n) is 8.23. The van der Waals surface area contributed by atoms with Crippen LogP contribution >= 0.6 is 0 Å². The third-order valence-electron chi connectivity index (χ3n) is 5.60. The zero-order chi connectivity index (χ0) is 22.9. The van der Waals surface area contributed by atoms with Gasteiger partial charge in [0.25, 0.3) is 5.91 Å². The molecule has 4 aromatic heterocycles. The number of carbonyl (C=O) groups excluding carboxylic acids is 1. The highest BCUT2D eigenvalue weighted by Gasteiger charge is 2.23. The van der Waals surface area contributed by atoms with Crippen LogP contribution in [0.4, 0.5) is 0 Å². The van der Waals surface area contributed by atoms with Crippen molar-refractivity contribution >= 4 is 11.6 Å². The number of rotatable bonds is 6. The summed E-state index contributed by atoms with van der Waals surface area (Å²) in [7, 11) is 1.59. The maximum atomic E-state index is 12.1. The Hall–Kier alpha value is -3.79. The first-order valence-electron chi connectivity index (χ1n) is 10.9. The van der Waals surface area contributed by atoms with E-state index < -0.39 is 0 Å². The van der Waals surface area contributed by atoms with Crippen LogP contribution < -0.4 is 10.1 Å². The molecule has 1 atom stereocenters. The number of ether oxygens (including phenoxy) is 2. The third kappa shape index (κ3) is 4.05. The van der Waals surface area contributed by atoms with Crippen LogP contribution in [0.2, 0.25) is 0 Å². The fourth-order valence-corrected chi connectivity index (χ4v) is 3.77. The first kappa shape index (κ1) is 21.1. The van der Waals surface area contributed by atoms with E-state index in [0.717, 1.165) is 28.7 Å². The molecule has 0 aromatic carbocycles. The first-order valence-corrected chi connectivity index (χ1v) is 10.9. The number of fused-ring (bicyclic) bond motifs is 1. The number of hydrogen-bond donors (Lipinski definition) is 1. The highest BCUT2D eigenvalue weighted by Crippen LogP contribution is 2.33. The van der Waals surface area contributed by atoms with E-state index in [1.807, 2.05) is 23.3 Å². The molecule has 1 saturated heterocycles. The van der Waals surface area contributed by atoms with E-state index in [-0.39, 0.29) is 18.1 Å². The fraction of sp³-hybridized carbons (Fsp3) is 0.348. The largest absolute Gasteiger partial charge is 0.471 e. The lowest BCUT2D eigenvalue weighted by Crippen LogP contribution is -2.18. The molecule has 5 rings (SSSR count). The number of amides is 1. The second kappa shape index (κ2) is 8.62. The van der Waals surface area contributed by atoms with Gasteiger partial charge in [-0.3, -0.25) is 14.5 Å². The molecule has 1 fully saturated rings. The molecule has 4 aromatic rings. The van der Waals surface area contributed by atoms with Crippen molar-refractivity contribution < 1.29 is 14.3 Å². The number of nitrogens with zero attached hydrogens (tertiary/aromatic N) is 6. The molecule has 33 heavy (non-hydrogen) atoms. The van der Waals surface area contributed by atoms with Crippen LogP contribution in [0.1, 0.15) is 36.7 Å². The Kier molecular flexibility index (Phi) is 5.51. The summed E-state index contributed by atoms with van der Waals surface area (Å²) in [4.78, 5) is 21.1. The summed E-state index contributed by atoms with van der Waals surface area (Å²) in [6, 6.07) is 2.01. The van der Waals surface area contributed by atoms with Gasteiger partial charge in [0.15, 0.2) is 5.65 Å². The van der Waals surface area contributed by atoms with Crippen LogP contribution in [0.5, 0.6) is 5.88 Å². The first-order chi connectivity index (χ1) is 16.0. The third-order valence-corrected chi connectivity index (χ3v) is 5.60. The Morgan fingerprint density at radius 1 is 1.15 bits per heavy atom. The van der Waals surface area contributed by atoms with Crippen molar-refractivity contribution in [2.45, 2.75) is 32.4 Å². The molecule has 0 spiro atoms. The van der Waals surface area contributed by atoms with Gasteiger partial charge in [0.1, 0.15) is 6.10 Å². The zero-order valence-electron chi connectivity index (χ0n) is 18.7. The fourth-order valence-electron chi connectivity index (χ4n) is 3.77. The average molecular weight is 447 g/mol. The van der Waals surface area contributed by atoms with E-state index in [0.29, 0.717) is 30.3 Å². The van der Waals surface area contributed by atoms with Crippen LogP contribution in [-0.2, 0) is 4.74 Å². The van der Waals surface area contributed by atoms with Crippen LogP contribution in [0.15, 0.2) is 43.2 Å². The van der Waals surface area contributed by atoms with Gasteiger partial charge in [0, 0.05) is 61.0 Å². The summed E-state index contributed by atoms with van der Waals surface area (Å²) in [5.41, 5.74) is 4.27. The number of carbonyl (C=O) groups is 1. The Morgan fingerprint density at radius 3 is 2.76 bits per heavy atom. The molecule has 1 N–H and O–H groups in total. The van der Waals surface area contributed by atoms with Crippen molar-refractivity contribution in [3.63, 3.8) is 0 Å². The van der Waals surface area contributed by atoms with Gasteiger partial charge in [0.2, 0.25) is 5.88 Å². The molecule has 0 radical (unpaired) electrons. The van der Waals surface area contributed by atoms with Crippen molar-refractivity contribution in [1.29, 1.82) is 0 Å². The van der Waals surface area contributed by atoms with Crippen LogP contribution in [-0.4, -0.2) is 61.6 Å². The minimum atomic E-state index is -0.205. The predicted molar refractivity (Wildman–Crippen MR) is 121 cm³/mol. The summed E-state index contributed by atoms with van der Waals surface area (Å²) in [5, 5.41) is 11.6. The smallest absolute Gasteiger partial charge is 0.252 e. The SMILES string of the molecule is CNC(=O)c1cncc(-c2cnn3cc(-c4cnn(C(C)C)c4)c(O[C@H]4CCOC4)nc23)c1. The van der Waals surface area contributed by atoms with Gasteiger partial charge >= 0.3 is 0 Å². The predicted octanol–water partition coefficient (Wildman–Crippen LogP) is 2.76. The van der Waals surface area contributed by atoms with Gasteiger partial charge in [-0.15, -0.1) is 0 Å². The van der Waals surface area contributed by atoms with E-state index in [1.54, 1.807) is 30.0 Å². The molecule has 170 valence electrons. The molecule has 10 nitrogen and oxygen atoms in total. The van der Waals surface area contributed by atoms with Crippen LogP contribution in [0, 0.1) is 0 Å². The number of hydrogen-bond acceptors (Lipinski definition) is 7. The summed E-state index contributed by atoms with van der Waals surface area (Å²) in [6.07, 6.45) is 11.4. The number of aromatic nitrogens is 6. The van der Waals surface area contributed by atoms with Crippen LogP contribution in [0.25, 0.3) is 27.9 Å². The van der Waals surface area contributed by atoms with E-state index in [4.69, 9.17) is 14.5 Å². The quantitative estimate of drug-likeness (QED) is 0.484. The lowest BCUT2D eigenvalue weighted by molar-refractivity contribution is 0.0962. The van der Waals surface area contributed by atoms with E-state index in [1.165, 1.54) is 6.20 Å². The molecule has 5 heterocycles. The molecule has 0 saturated carbocycles. The standard InChI is InChI=1S/C23H25N7O3/c1-14(2)29-11-17(9-26-29)20-12-30-21(28-23(20)33-18-4-5-32-13-18)19(10-27-30)15-6-16(8-25-7-15)22(31)24-3/h6-12,14,18H,4-5,13H2,1-3H3,(H,24,31)/t18-/m0/s1. The van der Waals surface area contributed by atoms with E-state index in [9.17, 15) is 4.79 Å². The van der Waals surface area contributed by atoms with Crippen molar-refractivity contribution in [2.75, 3.05) is 20.3 Å². The second-order valence-corrected chi connectivity index (χ2v) is 8.23. The zero-order valence-corrected chi connectivity index (χ0v) is 18.7. The Morgan fingerprint density at radius 2 is 2.03 bits per heavy atom. The Labute approximate surface area is 190 Å². The minimum Gasteiger partial charge on any atom is -0.471 e. The molecule has 0 bridgehead atoms. The van der Waals surface area contributed by atoms with Gasteiger partial charge in [-0.1, -0.05) is 0 Å². The number of nitrogens with one attached hydrogen (secondary N) is 1. The molecular weight excluding hydrogens is 422 g/mol. The van der Waals surface area contributed by atoms with Crippen molar-refractivity contribution in [2.24, 2.45) is 0 Å². The maximum absolute atomic E-state index is 12.1. The molecule has 1 amide bonds. The van der Waals surface area contributed by atoms with Crippen LogP contribution in [0.3, 0.4) is 0 Å². The molecule has 0 unspecified atom stereocenters. The monoisotopic (exact) mass is 447 g/mol. The topological polar surface area (TPSA) is 108 Å². The normalized spacial score (nSPS) is 15.9.